The lowest BCUT2D eigenvalue weighted by Gasteiger charge is -2.27. The monoisotopic (exact) mass is 495 g/mol. The van der Waals surface area contributed by atoms with Gasteiger partial charge < -0.3 is 20.7 Å². The van der Waals surface area contributed by atoms with Crippen molar-refractivity contribution in [3.63, 3.8) is 0 Å². The number of anilines is 2. The topological polar surface area (TPSA) is 114 Å². The smallest absolute Gasteiger partial charge is 0.251 e. The molecule has 0 bridgehead atoms. The average Bonchev–Trinajstić information content (AvgIpc) is 3.28. The summed E-state index contributed by atoms with van der Waals surface area (Å²) in [5, 5.41) is 8.35. The molecular weight excluding hydrogens is 473 g/mol. The largest absolute Gasteiger partial charge is 0.376 e. The van der Waals surface area contributed by atoms with Gasteiger partial charge in [0.15, 0.2) is 9.84 Å². The Labute approximate surface area is 195 Å². The molecule has 2 aliphatic rings. The van der Waals surface area contributed by atoms with Crippen molar-refractivity contribution in [2.24, 2.45) is 0 Å². The molecule has 2 aromatic rings. The number of carbonyl (C=O) groups is 2. The molecule has 1 fully saturated rings. The summed E-state index contributed by atoms with van der Waals surface area (Å²) in [7, 11) is -3.88. The van der Waals surface area contributed by atoms with Gasteiger partial charge in [0.25, 0.3) is 5.91 Å². The van der Waals surface area contributed by atoms with Gasteiger partial charge in [-0.15, -0.1) is 0 Å². The first kappa shape index (κ1) is 23.5. The van der Waals surface area contributed by atoms with Crippen LogP contribution in [0.1, 0.15) is 28.8 Å². The summed E-state index contributed by atoms with van der Waals surface area (Å²) < 4.78 is 44.8. The second-order valence-electron chi connectivity index (χ2n) is 8.05. The molecular formula is C22H23ClFN3O5S. The predicted octanol–water partition coefficient (Wildman–Crippen LogP) is 2.74. The van der Waals surface area contributed by atoms with E-state index in [4.69, 9.17) is 16.3 Å². The Hall–Kier alpha value is -2.69. The minimum atomic E-state index is -3.88. The van der Waals surface area contributed by atoms with Gasteiger partial charge in [0.05, 0.1) is 29.0 Å². The quantitative estimate of drug-likeness (QED) is 0.544. The van der Waals surface area contributed by atoms with Crippen molar-refractivity contribution in [3.8, 4) is 0 Å². The molecule has 2 aromatic carbocycles. The number of sulfone groups is 1. The SMILES string of the molecule is O=C(NCC1CCCO1)c1ccc2c(c1)NC(=O)C(CS(=O)(=O)Cc1c(F)cccc1Cl)N2. The second kappa shape index (κ2) is 9.66. The van der Waals surface area contributed by atoms with Crippen LogP contribution in [0.5, 0.6) is 0 Å². The molecule has 176 valence electrons. The summed E-state index contributed by atoms with van der Waals surface area (Å²) >= 11 is 5.93. The van der Waals surface area contributed by atoms with Crippen LogP contribution in [0.15, 0.2) is 36.4 Å². The normalized spacial score (nSPS) is 20.0. The van der Waals surface area contributed by atoms with Gasteiger partial charge in [0.2, 0.25) is 5.91 Å². The molecule has 2 heterocycles. The predicted molar refractivity (Wildman–Crippen MR) is 123 cm³/mol. The Morgan fingerprint density at radius 3 is 2.79 bits per heavy atom. The molecule has 2 amide bonds. The number of carbonyl (C=O) groups excluding carboxylic acids is 2. The van der Waals surface area contributed by atoms with Crippen LogP contribution in [0, 0.1) is 5.82 Å². The van der Waals surface area contributed by atoms with Gasteiger partial charge in [0.1, 0.15) is 11.9 Å². The van der Waals surface area contributed by atoms with E-state index in [1.54, 1.807) is 12.1 Å². The highest BCUT2D eigenvalue weighted by molar-refractivity contribution is 7.90. The van der Waals surface area contributed by atoms with Crippen molar-refractivity contribution in [1.29, 1.82) is 0 Å². The zero-order valence-corrected chi connectivity index (χ0v) is 19.1. The molecule has 8 nitrogen and oxygen atoms in total. The van der Waals surface area contributed by atoms with E-state index >= 15 is 0 Å². The highest BCUT2D eigenvalue weighted by Crippen LogP contribution is 2.29. The summed E-state index contributed by atoms with van der Waals surface area (Å²) in [6.45, 7) is 1.10. The third kappa shape index (κ3) is 5.63. The van der Waals surface area contributed by atoms with Gasteiger partial charge >= 0.3 is 0 Å². The van der Waals surface area contributed by atoms with Gasteiger partial charge in [-0.2, -0.15) is 0 Å². The summed E-state index contributed by atoms with van der Waals surface area (Å²) in [5.74, 6) is -2.76. The van der Waals surface area contributed by atoms with E-state index in [-0.39, 0.29) is 22.6 Å². The highest BCUT2D eigenvalue weighted by Gasteiger charge is 2.31. The van der Waals surface area contributed by atoms with Crippen molar-refractivity contribution < 1.29 is 27.1 Å². The molecule has 0 saturated carbocycles. The third-order valence-corrected chi connectivity index (χ3v) is 7.47. The van der Waals surface area contributed by atoms with Crippen LogP contribution in [0.3, 0.4) is 0 Å². The van der Waals surface area contributed by atoms with E-state index in [0.717, 1.165) is 18.9 Å². The molecule has 2 atom stereocenters. The van der Waals surface area contributed by atoms with Crippen molar-refractivity contribution in [1.82, 2.24) is 5.32 Å². The van der Waals surface area contributed by atoms with E-state index < -0.39 is 39.1 Å². The minimum absolute atomic E-state index is 0.00916. The maximum Gasteiger partial charge on any atom is 0.251 e. The number of rotatable bonds is 7. The highest BCUT2D eigenvalue weighted by atomic mass is 35.5. The van der Waals surface area contributed by atoms with Crippen LogP contribution in [-0.2, 0) is 25.1 Å². The van der Waals surface area contributed by atoms with Crippen molar-refractivity contribution in [3.05, 3.63) is 58.4 Å². The molecule has 11 heteroatoms. The summed E-state index contributed by atoms with van der Waals surface area (Å²) in [6.07, 6.45) is 1.88. The maximum atomic E-state index is 14.0. The zero-order valence-electron chi connectivity index (χ0n) is 17.6. The number of fused-ring (bicyclic) bond motifs is 1. The zero-order chi connectivity index (χ0) is 23.6. The van der Waals surface area contributed by atoms with Crippen LogP contribution < -0.4 is 16.0 Å². The lowest BCUT2D eigenvalue weighted by molar-refractivity contribution is -0.116. The fourth-order valence-corrected chi connectivity index (χ4v) is 5.72. The summed E-state index contributed by atoms with van der Waals surface area (Å²) in [6, 6.07) is 7.56. The second-order valence-corrected chi connectivity index (χ2v) is 10.6. The van der Waals surface area contributed by atoms with E-state index in [1.165, 1.54) is 18.2 Å². The number of hydrogen-bond acceptors (Lipinski definition) is 6. The Kier molecular flexibility index (Phi) is 6.87. The molecule has 1 saturated heterocycles. The Morgan fingerprint density at radius 2 is 2.06 bits per heavy atom. The number of nitrogens with one attached hydrogen (secondary N) is 3. The number of ether oxygens (including phenoxy) is 1. The van der Waals surface area contributed by atoms with Gasteiger partial charge in [0, 0.05) is 29.3 Å². The number of hydrogen-bond donors (Lipinski definition) is 3. The van der Waals surface area contributed by atoms with Crippen molar-refractivity contribution in [2.75, 3.05) is 29.5 Å². The van der Waals surface area contributed by atoms with E-state index in [0.29, 0.717) is 30.1 Å². The maximum absolute atomic E-state index is 14.0. The van der Waals surface area contributed by atoms with E-state index in [2.05, 4.69) is 16.0 Å². The van der Waals surface area contributed by atoms with Crippen molar-refractivity contribution >= 4 is 44.6 Å². The lowest BCUT2D eigenvalue weighted by Crippen LogP contribution is -2.43. The molecule has 0 aromatic heterocycles. The molecule has 2 aliphatic heterocycles. The molecule has 4 rings (SSSR count). The summed E-state index contributed by atoms with van der Waals surface area (Å²) in [4.78, 5) is 25.0. The molecule has 0 radical (unpaired) electrons. The van der Waals surface area contributed by atoms with Crippen molar-refractivity contribution in [2.45, 2.75) is 30.7 Å². The van der Waals surface area contributed by atoms with E-state index in [9.17, 15) is 22.4 Å². The molecule has 2 unspecified atom stereocenters. The van der Waals surface area contributed by atoms with E-state index in [1.807, 2.05) is 0 Å². The number of benzene rings is 2. The van der Waals surface area contributed by atoms with Crippen LogP contribution in [0.25, 0.3) is 0 Å². The van der Waals surface area contributed by atoms with Gasteiger partial charge in [-0.3, -0.25) is 9.59 Å². The van der Waals surface area contributed by atoms with Gasteiger partial charge in [-0.05, 0) is 43.2 Å². The first-order valence-corrected chi connectivity index (χ1v) is 12.7. The molecule has 33 heavy (non-hydrogen) atoms. The fourth-order valence-electron chi connectivity index (χ4n) is 3.82. The van der Waals surface area contributed by atoms with Crippen LogP contribution in [0.2, 0.25) is 5.02 Å². The Morgan fingerprint density at radius 1 is 1.24 bits per heavy atom. The third-order valence-electron chi connectivity index (χ3n) is 5.55. The Bertz CT molecular complexity index is 1160. The fraction of sp³-hybridized carbons (Fsp3) is 0.364. The standard InChI is InChI=1S/C22H23ClFN3O5S/c23-16-4-1-5-17(24)15(16)11-33(30,31)12-20-22(29)27-19-9-13(6-7-18(19)26-20)21(28)25-10-14-3-2-8-32-14/h1,4-7,9,14,20,26H,2-3,8,10-12H2,(H,25,28)(H,27,29). The first-order chi connectivity index (χ1) is 15.7. The first-order valence-electron chi connectivity index (χ1n) is 10.5. The van der Waals surface area contributed by atoms with Gasteiger partial charge in [-0.25, -0.2) is 12.8 Å². The number of amides is 2. The summed E-state index contributed by atoms with van der Waals surface area (Å²) in [5.41, 5.74) is 1.08. The number of halogens is 2. The van der Waals surface area contributed by atoms with Crippen LogP contribution >= 0.6 is 11.6 Å². The molecule has 0 spiro atoms. The molecule has 3 N–H and O–H groups in total. The van der Waals surface area contributed by atoms with Crippen LogP contribution in [-0.4, -0.2) is 51.3 Å². The lowest BCUT2D eigenvalue weighted by atomic mass is 10.1. The molecule has 0 aliphatic carbocycles. The Balaban J connectivity index is 1.41. The average molecular weight is 496 g/mol. The minimum Gasteiger partial charge on any atom is -0.376 e. The van der Waals surface area contributed by atoms with Gasteiger partial charge in [-0.1, -0.05) is 17.7 Å². The van der Waals surface area contributed by atoms with Crippen LogP contribution in [0.4, 0.5) is 15.8 Å².